The second-order valence-corrected chi connectivity index (χ2v) is 7.69. The van der Waals surface area contributed by atoms with Gasteiger partial charge in [-0.05, 0) is 30.9 Å². The zero-order chi connectivity index (χ0) is 19.8. The Labute approximate surface area is 164 Å². The summed E-state index contributed by atoms with van der Waals surface area (Å²) in [5, 5.41) is 10.4. The standard InChI is InChI=1S/C20H17FN4O2S/c1-3-11(2)22-19(26)17-13-7-8-25(10-15(13)23-24-17)20(27)16-9-12-5-4-6-14(21)18(12)28-16/h1,4-6,9,11H,7-8,10H2,2H3,(H,22,26)(H,23,24). The largest absolute Gasteiger partial charge is 0.337 e. The number of hydrogen-bond donors (Lipinski definition) is 2. The van der Waals surface area contributed by atoms with E-state index in [1.165, 1.54) is 6.07 Å². The van der Waals surface area contributed by atoms with E-state index in [2.05, 4.69) is 21.4 Å². The lowest BCUT2D eigenvalue weighted by Gasteiger charge is -2.26. The number of thiophene rings is 1. The number of carbonyl (C=O) groups excluding carboxylic acids is 2. The predicted molar refractivity (Wildman–Crippen MR) is 105 cm³/mol. The highest BCUT2D eigenvalue weighted by molar-refractivity contribution is 7.20. The fraction of sp³-hybridized carbons (Fsp3) is 0.250. The van der Waals surface area contributed by atoms with Gasteiger partial charge in [0.15, 0.2) is 5.69 Å². The number of rotatable bonds is 3. The van der Waals surface area contributed by atoms with Crippen molar-refractivity contribution in [1.29, 1.82) is 0 Å². The number of nitrogens with one attached hydrogen (secondary N) is 2. The minimum absolute atomic E-state index is 0.159. The van der Waals surface area contributed by atoms with Gasteiger partial charge in [0.25, 0.3) is 11.8 Å². The fourth-order valence-electron chi connectivity index (χ4n) is 3.27. The van der Waals surface area contributed by atoms with Gasteiger partial charge < -0.3 is 10.2 Å². The van der Waals surface area contributed by atoms with E-state index in [9.17, 15) is 14.0 Å². The summed E-state index contributed by atoms with van der Waals surface area (Å²) < 4.78 is 14.4. The first-order valence-corrected chi connectivity index (χ1v) is 9.60. The predicted octanol–water partition coefficient (Wildman–Crippen LogP) is 2.71. The van der Waals surface area contributed by atoms with Gasteiger partial charge in [-0.25, -0.2) is 4.39 Å². The van der Waals surface area contributed by atoms with Gasteiger partial charge in [-0.1, -0.05) is 18.1 Å². The first-order chi connectivity index (χ1) is 13.5. The number of benzene rings is 1. The Morgan fingerprint density at radius 1 is 1.46 bits per heavy atom. The molecule has 2 N–H and O–H groups in total. The number of halogens is 1. The molecule has 0 aliphatic carbocycles. The van der Waals surface area contributed by atoms with Crippen molar-refractivity contribution in [2.75, 3.05) is 6.54 Å². The molecule has 142 valence electrons. The molecule has 1 unspecified atom stereocenters. The summed E-state index contributed by atoms with van der Waals surface area (Å²) in [6.45, 7) is 2.48. The number of aromatic nitrogens is 2. The first-order valence-electron chi connectivity index (χ1n) is 8.78. The summed E-state index contributed by atoms with van der Waals surface area (Å²) in [7, 11) is 0. The van der Waals surface area contributed by atoms with Crippen molar-refractivity contribution in [3.63, 3.8) is 0 Å². The average molecular weight is 396 g/mol. The van der Waals surface area contributed by atoms with Crippen LogP contribution in [0.1, 0.15) is 38.3 Å². The molecule has 2 amide bonds. The molecule has 1 atom stereocenters. The quantitative estimate of drug-likeness (QED) is 0.669. The Bertz CT molecular complexity index is 1130. The Morgan fingerprint density at radius 3 is 3.04 bits per heavy atom. The van der Waals surface area contributed by atoms with Crippen molar-refractivity contribution in [3.8, 4) is 12.3 Å². The molecule has 0 saturated heterocycles. The monoisotopic (exact) mass is 396 g/mol. The molecular weight excluding hydrogens is 379 g/mol. The smallest absolute Gasteiger partial charge is 0.273 e. The van der Waals surface area contributed by atoms with Crippen LogP contribution in [0.2, 0.25) is 0 Å². The van der Waals surface area contributed by atoms with Crippen molar-refractivity contribution in [2.24, 2.45) is 0 Å². The van der Waals surface area contributed by atoms with Crippen LogP contribution in [0.3, 0.4) is 0 Å². The van der Waals surface area contributed by atoms with Crippen molar-refractivity contribution in [1.82, 2.24) is 20.4 Å². The highest BCUT2D eigenvalue weighted by Crippen LogP contribution is 2.30. The number of fused-ring (bicyclic) bond motifs is 2. The molecule has 0 spiro atoms. The molecule has 28 heavy (non-hydrogen) atoms. The van der Waals surface area contributed by atoms with Crippen LogP contribution in [0.15, 0.2) is 24.3 Å². The minimum atomic E-state index is -0.394. The molecule has 2 aromatic heterocycles. The third-order valence-corrected chi connectivity index (χ3v) is 5.89. The molecule has 4 rings (SSSR count). The minimum Gasteiger partial charge on any atom is -0.337 e. The molecule has 3 aromatic rings. The highest BCUT2D eigenvalue weighted by Gasteiger charge is 2.29. The van der Waals surface area contributed by atoms with Crippen LogP contribution in [0.5, 0.6) is 0 Å². The lowest BCUT2D eigenvalue weighted by molar-refractivity contribution is 0.0737. The maximum atomic E-state index is 13.9. The SMILES string of the molecule is C#CC(C)NC(=O)c1n[nH]c2c1CCN(C(=O)c1cc3cccc(F)c3s1)C2. The average Bonchev–Trinajstić information content (AvgIpc) is 3.31. The van der Waals surface area contributed by atoms with Gasteiger partial charge in [-0.15, -0.1) is 17.8 Å². The lowest BCUT2D eigenvalue weighted by Crippen LogP contribution is -2.37. The van der Waals surface area contributed by atoms with Gasteiger partial charge in [0.1, 0.15) is 5.82 Å². The summed E-state index contributed by atoms with van der Waals surface area (Å²) in [4.78, 5) is 27.4. The van der Waals surface area contributed by atoms with Gasteiger partial charge in [0, 0.05) is 12.1 Å². The van der Waals surface area contributed by atoms with Crippen LogP contribution < -0.4 is 5.32 Å². The number of H-pyrrole nitrogens is 1. The van der Waals surface area contributed by atoms with E-state index in [-0.39, 0.29) is 17.6 Å². The van der Waals surface area contributed by atoms with Gasteiger partial charge >= 0.3 is 0 Å². The maximum Gasteiger partial charge on any atom is 0.273 e. The van der Waals surface area contributed by atoms with E-state index in [1.54, 1.807) is 30.0 Å². The Morgan fingerprint density at radius 2 is 2.29 bits per heavy atom. The molecule has 1 aliphatic rings. The molecule has 0 radical (unpaired) electrons. The van der Waals surface area contributed by atoms with Gasteiger partial charge in [-0.2, -0.15) is 5.10 Å². The van der Waals surface area contributed by atoms with E-state index < -0.39 is 6.04 Å². The topological polar surface area (TPSA) is 78.1 Å². The van der Waals surface area contributed by atoms with Crippen LogP contribution in [0.4, 0.5) is 4.39 Å². The Kier molecular flexibility index (Phi) is 4.61. The van der Waals surface area contributed by atoms with Crippen molar-refractivity contribution >= 4 is 33.2 Å². The Hall–Kier alpha value is -3.18. The zero-order valence-corrected chi connectivity index (χ0v) is 15.9. The van der Waals surface area contributed by atoms with Gasteiger partial charge in [0.05, 0.1) is 27.9 Å². The van der Waals surface area contributed by atoms with Crippen molar-refractivity contribution < 1.29 is 14.0 Å². The Balaban J connectivity index is 1.54. The third-order valence-electron chi connectivity index (χ3n) is 4.74. The van der Waals surface area contributed by atoms with Crippen molar-refractivity contribution in [2.45, 2.75) is 25.9 Å². The lowest BCUT2D eigenvalue weighted by atomic mass is 10.0. The molecule has 0 bridgehead atoms. The summed E-state index contributed by atoms with van der Waals surface area (Å²) >= 11 is 1.15. The molecule has 0 saturated carbocycles. The molecular formula is C20H17FN4O2S. The second kappa shape index (κ2) is 7.09. The molecule has 1 aromatic carbocycles. The number of amides is 2. The van der Waals surface area contributed by atoms with Gasteiger partial charge in [0.2, 0.25) is 0 Å². The van der Waals surface area contributed by atoms with E-state index in [1.807, 2.05) is 0 Å². The maximum absolute atomic E-state index is 13.9. The number of aromatic amines is 1. The summed E-state index contributed by atoms with van der Waals surface area (Å²) in [5.41, 5.74) is 1.84. The van der Waals surface area contributed by atoms with E-state index in [0.717, 1.165) is 22.6 Å². The van der Waals surface area contributed by atoms with Gasteiger partial charge in [-0.3, -0.25) is 14.7 Å². The normalized spacial score (nSPS) is 14.4. The molecule has 8 heteroatoms. The van der Waals surface area contributed by atoms with E-state index >= 15 is 0 Å². The van der Waals surface area contributed by atoms with Crippen LogP contribution in [-0.4, -0.2) is 39.5 Å². The first kappa shape index (κ1) is 18.2. The number of hydrogen-bond acceptors (Lipinski definition) is 4. The summed E-state index contributed by atoms with van der Waals surface area (Å²) in [6, 6.07) is 6.13. The van der Waals surface area contributed by atoms with Crippen molar-refractivity contribution in [3.05, 3.63) is 51.9 Å². The van der Waals surface area contributed by atoms with Crippen LogP contribution >= 0.6 is 11.3 Å². The molecule has 1 aliphatic heterocycles. The third kappa shape index (κ3) is 3.14. The van der Waals surface area contributed by atoms with Crippen LogP contribution in [0.25, 0.3) is 10.1 Å². The highest BCUT2D eigenvalue weighted by atomic mass is 32.1. The fourth-order valence-corrected chi connectivity index (χ4v) is 4.31. The number of nitrogens with zero attached hydrogens (tertiary/aromatic N) is 2. The van der Waals surface area contributed by atoms with E-state index in [4.69, 9.17) is 6.42 Å². The van der Waals surface area contributed by atoms with Crippen LogP contribution in [0, 0.1) is 18.2 Å². The molecule has 6 nitrogen and oxygen atoms in total. The van der Waals surface area contributed by atoms with E-state index in [0.29, 0.717) is 40.2 Å². The molecule has 3 heterocycles. The van der Waals surface area contributed by atoms with Crippen LogP contribution in [-0.2, 0) is 13.0 Å². The number of carbonyl (C=O) groups is 2. The number of terminal acetylenes is 1. The second-order valence-electron chi connectivity index (χ2n) is 6.64. The summed E-state index contributed by atoms with van der Waals surface area (Å²) in [5.74, 6) is 1.63. The zero-order valence-electron chi connectivity index (χ0n) is 15.1. The summed E-state index contributed by atoms with van der Waals surface area (Å²) in [6.07, 6.45) is 5.80. The molecule has 0 fully saturated rings.